The topological polar surface area (TPSA) is 101 Å². The van der Waals surface area contributed by atoms with Crippen LogP contribution < -0.4 is 4.72 Å². The SMILES string of the molecule is Cc1cc(C)c(S(=O)(=O)c2ccccc2)cc1S(=O)(=O)NC[C@H](O)c1ccccc1. The van der Waals surface area contributed by atoms with Crippen molar-refractivity contribution in [2.75, 3.05) is 6.54 Å². The number of nitrogens with one attached hydrogen (secondary N) is 1. The molecule has 0 aliphatic carbocycles. The minimum Gasteiger partial charge on any atom is -0.387 e. The van der Waals surface area contributed by atoms with Gasteiger partial charge in [-0.25, -0.2) is 21.6 Å². The van der Waals surface area contributed by atoms with Crippen molar-refractivity contribution < 1.29 is 21.9 Å². The summed E-state index contributed by atoms with van der Waals surface area (Å²) in [5, 5.41) is 10.3. The van der Waals surface area contributed by atoms with Gasteiger partial charge in [0.15, 0.2) is 0 Å². The van der Waals surface area contributed by atoms with Crippen LogP contribution in [0.3, 0.4) is 0 Å². The summed E-state index contributed by atoms with van der Waals surface area (Å²) in [4.78, 5) is -0.112. The summed E-state index contributed by atoms with van der Waals surface area (Å²) in [6, 6.07) is 19.3. The number of hydrogen-bond donors (Lipinski definition) is 2. The third kappa shape index (κ3) is 4.62. The molecule has 3 rings (SSSR count). The summed E-state index contributed by atoms with van der Waals surface area (Å²) in [6.07, 6.45) is -1.03. The fraction of sp³-hybridized carbons (Fsp3) is 0.182. The van der Waals surface area contributed by atoms with Crippen molar-refractivity contribution >= 4 is 19.9 Å². The molecule has 1 atom stereocenters. The molecule has 2 N–H and O–H groups in total. The zero-order chi connectivity index (χ0) is 21.9. The molecule has 0 heterocycles. The number of hydrogen-bond acceptors (Lipinski definition) is 5. The fourth-order valence-electron chi connectivity index (χ4n) is 3.18. The molecule has 158 valence electrons. The van der Waals surface area contributed by atoms with Crippen LogP contribution in [0.25, 0.3) is 0 Å². The van der Waals surface area contributed by atoms with Gasteiger partial charge in [0.1, 0.15) is 0 Å². The van der Waals surface area contributed by atoms with E-state index in [1.807, 2.05) is 0 Å². The lowest BCUT2D eigenvalue weighted by Gasteiger charge is -2.16. The molecule has 0 fully saturated rings. The molecular weight excluding hydrogens is 422 g/mol. The summed E-state index contributed by atoms with van der Waals surface area (Å²) in [5.74, 6) is 0. The first-order valence-corrected chi connectivity index (χ1v) is 12.2. The number of sulfonamides is 1. The van der Waals surface area contributed by atoms with Crippen LogP contribution in [0.2, 0.25) is 0 Å². The first-order valence-electron chi connectivity index (χ1n) is 9.27. The molecule has 0 radical (unpaired) electrons. The van der Waals surface area contributed by atoms with Crippen LogP contribution in [0.5, 0.6) is 0 Å². The minimum atomic E-state index is -4.05. The third-order valence-corrected chi connectivity index (χ3v) is 8.23. The second kappa shape index (κ2) is 8.69. The summed E-state index contributed by atoms with van der Waals surface area (Å²) < 4.78 is 54.3. The van der Waals surface area contributed by atoms with Crippen LogP contribution >= 0.6 is 0 Å². The molecule has 0 unspecified atom stereocenters. The van der Waals surface area contributed by atoms with E-state index in [2.05, 4.69) is 4.72 Å². The van der Waals surface area contributed by atoms with Crippen molar-refractivity contribution in [3.63, 3.8) is 0 Å². The molecule has 0 saturated heterocycles. The Kier molecular flexibility index (Phi) is 6.42. The molecule has 30 heavy (non-hydrogen) atoms. The second-order valence-electron chi connectivity index (χ2n) is 6.98. The zero-order valence-corrected chi connectivity index (χ0v) is 18.2. The van der Waals surface area contributed by atoms with Crippen LogP contribution in [0.1, 0.15) is 22.8 Å². The predicted octanol–water partition coefficient (Wildman–Crippen LogP) is 3.15. The van der Waals surface area contributed by atoms with Gasteiger partial charge in [0.25, 0.3) is 0 Å². The van der Waals surface area contributed by atoms with Crippen LogP contribution in [-0.2, 0) is 19.9 Å². The summed E-state index contributed by atoms with van der Waals surface area (Å²) in [6.45, 7) is 3.00. The van der Waals surface area contributed by atoms with Gasteiger partial charge in [-0.2, -0.15) is 0 Å². The lowest BCUT2D eigenvalue weighted by Crippen LogP contribution is -2.29. The Morgan fingerprint density at radius 3 is 1.93 bits per heavy atom. The molecule has 3 aromatic carbocycles. The van der Waals surface area contributed by atoms with Crippen molar-refractivity contribution in [3.8, 4) is 0 Å². The number of benzene rings is 3. The molecule has 0 aliphatic heterocycles. The van der Waals surface area contributed by atoms with E-state index in [4.69, 9.17) is 0 Å². The standard InChI is InChI=1S/C22H23NO5S2/c1-16-13-17(2)22(14-21(16)29(25,26)19-11-7-4-8-12-19)30(27,28)23-15-20(24)18-9-5-3-6-10-18/h3-14,20,23-24H,15H2,1-2H3/t20-/m0/s1. The lowest BCUT2D eigenvalue weighted by atomic mass is 10.1. The quantitative estimate of drug-likeness (QED) is 0.582. The van der Waals surface area contributed by atoms with Crippen LogP contribution in [-0.4, -0.2) is 28.5 Å². The van der Waals surface area contributed by atoms with Gasteiger partial charge >= 0.3 is 0 Å². The number of rotatable bonds is 7. The highest BCUT2D eigenvalue weighted by Crippen LogP contribution is 2.28. The molecule has 0 amide bonds. The van der Waals surface area contributed by atoms with Crippen LogP contribution in [0.15, 0.2) is 87.5 Å². The molecule has 0 saturated carbocycles. The Hall–Kier alpha value is -2.52. The summed E-state index contributed by atoms with van der Waals surface area (Å²) in [7, 11) is -7.94. The van der Waals surface area contributed by atoms with Crippen molar-refractivity contribution in [2.24, 2.45) is 0 Å². The average Bonchev–Trinajstić information content (AvgIpc) is 2.73. The fourth-order valence-corrected chi connectivity index (χ4v) is 6.07. The largest absolute Gasteiger partial charge is 0.387 e. The monoisotopic (exact) mass is 445 g/mol. The number of aryl methyl sites for hydroxylation is 2. The van der Waals surface area contributed by atoms with Crippen LogP contribution in [0, 0.1) is 13.8 Å². The Bertz CT molecular complexity index is 1240. The molecule has 8 heteroatoms. The third-order valence-electron chi connectivity index (χ3n) is 4.76. The first kappa shape index (κ1) is 22.2. The van der Waals surface area contributed by atoms with Gasteiger partial charge in [-0.1, -0.05) is 54.6 Å². The van der Waals surface area contributed by atoms with Gasteiger partial charge in [0.2, 0.25) is 19.9 Å². The van der Waals surface area contributed by atoms with E-state index in [-0.39, 0.29) is 21.2 Å². The first-order chi connectivity index (χ1) is 14.1. The number of sulfone groups is 1. The van der Waals surface area contributed by atoms with E-state index in [9.17, 15) is 21.9 Å². The van der Waals surface area contributed by atoms with E-state index in [0.29, 0.717) is 16.7 Å². The highest BCUT2D eigenvalue weighted by molar-refractivity contribution is 7.91. The Balaban J connectivity index is 1.95. The molecule has 0 aromatic heterocycles. The smallest absolute Gasteiger partial charge is 0.240 e. The molecule has 0 bridgehead atoms. The van der Waals surface area contributed by atoms with E-state index in [1.165, 1.54) is 24.3 Å². The Labute approximate surface area is 177 Å². The van der Waals surface area contributed by atoms with Crippen LogP contribution in [0.4, 0.5) is 0 Å². The zero-order valence-electron chi connectivity index (χ0n) is 16.6. The summed E-state index contributed by atoms with van der Waals surface area (Å²) in [5.41, 5.74) is 1.45. The van der Waals surface area contributed by atoms with Gasteiger partial charge in [0, 0.05) is 6.54 Å². The highest BCUT2D eigenvalue weighted by Gasteiger charge is 2.25. The minimum absolute atomic E-state index is 0.0664. The summed E-state index contributed by atoms with van der Waals surface area (Å²) >= 11 is 0. The molecule has 0 spiro atoms. The molecular formula is C22H23NO5S2. The van der Waals surface area contributed by atoms with Crippen molar-refractivity contribution in [1.29, 1.82) is 0 Å². The van der Waals surface area contributed by atoms with Gasteiger partial charge in [-0.3, -0.25) is 0 Å². The van der Waals surface area contributed by atoms with Gasteiger partial charge in [-0.15, -0.1) is 0 Å². The number of aliphatic hydroxyl groups excluding tert-OH is 1. The van der Waals surface area contributed by atoms with Crippen molar-refractivity contribution in [2.45, 2.75) is 34.6 Å². The van der Waals surface area contributed by atoms with Gasteiger partial charge in [0.05, 0.1) is 20.8 Å². The predicted molar refractivity (Wildman–Crippen MR) is 114 cm³/mol. The van der Waals surface area contributed by atoms with E-state index in [1.54, 1.807) is 62.4 Å². The van der Waals surface area contributed by atoms with Gasteiger partial charge < -0.3 is 5.11 Å². The molecule has 0 aliphatic rings. The molecule has 3 aromatic rings. The van der Waals surface area contributed by atoms with Crippen molar-refractivity contribution in [1.82, 2.24) is 4.72 Å². The van der Waals surface area contributed by atoms with E-state index < -0.39 is 26.0 Å². The lowest BCUT2D eigenvalue weighted by molar-refractivity contribution is 0.182. The normalized spacial score (nSPS) is 13.2. The average molecular weight is 446 g/mol. The maximum atomic E-state index is 13.0. The van der Waals surface area contributed by atoms with Gasteiger partial charge in [-0.05, 0) is 48.7 Å². The van der Waals surface area contributed by atoms with E-state index in [0.717, 1.165) is 0 Å². The highest BCUT2D eigenvalue weighted by atomic mass is 32.2. The maximum Gasteiger partial charge on any atom is 0.240 e. The second-order valence-corrected chi connectivity index (χ2v) is 10.6. The Morgan fingerprint density at radius 2 is 1.33 bits per heavy atom. The Morgan fingerprint density at radius 1 is 0.800 bits per heavy atom. The van der Waals surface area contributed by atoms with E-state index >= 15 is 0 Å². The number of aliphatic hydroxyl groups is 1. The van der Waals surface area contributed by atoms with Crippen molar-refractivity contribution in [3.05, 3.63) is 89.5 Å². The molecule has 6 nitrogen and oxygen atoms in total. The maximum absolute atomic E-state index is 13.0.